The minimum Gasteiger partial charge on any atom is -0.324 e. The molecule has 2 aromatic carbocycles. The Labute approximate surface area is 115 Å². The Balaban J connectivity index is 1.88. The number of halogens is 3. The highest BCUT2D eigenvalue weighted by Gasteiger charge is 2.30. The van der Waals surface area contributed by atoms with Gasteiger partial charge >= 0.3 is 0 Å². The fraction of sp³-hybridized carbons (Fsp3) is 0.250. The molecule has 0 bridgehead atoms. The normalized spacial score (nSPS) is 16.2. The van der Waals surface area contributed by atoms with Gasteiger partial charge in [-0.25, -0.2) is 13.2 Å². The van der Waals surface area contributed by atoms with Crippen LogP contribution in [0.5, 0.6) is 0 Å². The molecule has 0 amide bonds. The Morgan fingerprint density at radius 3 is 2.10 bits per heavy atom. The van der Waals surface area contributed by atoms with Crippen LogP contribution in [0.25, 0.3) is 0 Å². The summed E-state index contributed by atoms with van der Waals surface area (Å²) in [5.74, 6) is -3.80. The molecule has 1 nitrogen and oxygen atoms in total. The van der Waals surface area contributed by atoms with Crippen molar-refractivity contribution in [2.24, 2.45) is 11.7 Å². The summed E-state index contributed by atoms with van der Waals surface area (Å²) in [6, 6.07) is 9.46. The Kier molecular flexibility index (Phi) is 3.26. The third-order valence-corrected chi connectivity index (χ3v) is 4.01. The van der Waals surface area contributed by atoms with E-state index in [4.69, 9.17) is 5.73 Å². The van der Waals surface area contributed by atoms with Crippen LogP contribution in [0.3, 0.4) is 0 Å². The van der Waals surface area contributed by atoms with Crippen LogP contribution in [0.1, 0.15) is 22.7 Å². The van der Waals surface area contributed by atoms with E-state index in [0.717, 1.165) is 18.9 Å². The van der Waals surface area contributed by atoms with Gasteiger partial charge in [0.25, 0.3) is 0 Å². The summed E-state index contributed by atoms with van der Waals surface area (Å²) >= 11 is 0. The molecule has 1 aliphatic rings. The maximum atomic E-state index is 13.8. The molecule has 1 aliphatic carbocycles. The molecule has 0 aliphatic heterocycles. The van der Waals surface area contributed by atoms with Crippen LogP contribution >= 0.6 is 0 Å². The number of hydrogen-bond acceptors (Lipinski definition) is 1. The van der Waals surface area contributed by atoms with E-state index >= 15 is 0 Å². The molecular weight excluding hydrogens is 263 g/mol. The second kappa shape index (κ2) is 4.94. The van der Waals surface area contributed by atoms with Crippen molar-refractivity contribution in [3.63, 3.8) is 0 Å². The van der Waals surface area contributed by atoms with Crippen LogP contribution in [0.2, 0.25) is 0 Å². The molecule has 0 saturated heterocycles. The number of hydrogen-bond donors (Lipinski definition) is 1. The zero-order valence-corrected chi connectivity index (χ0v) is 10.7. The van der Waals surface area contributed by atoms with Crippen molar-refractivity contribution < 1.29 is 13.2 Å². The van der Waals surface area contributed by atoms with Crippen LogP contribution in [0, 0.1) is 23.4 Å². The number of rotatable bonds is 2. The third kappa shape index (κ3) is 2.10. The highest BCUT2D eigenvalue weighted by Crippen LogP contribution is 2.35. The SMILES string of the molecule is NC(c1ccc(F)c(F)c1F)C1Cc2ccccc2C1. The van der Waals surface area contributed by atoms with Gasteiger partial charge < -0.3 is 5.73 Å². The highest BCUT2D eigenvalue weighted by molar-refractivity contribution is 5.34. The molecule has 0 saturated carbocycles. The minimum atomic E-state index is -1.45. The molecule has 0 spiro atoms. The molecule has 0 fully saturated rings. The maximum Gasteiger partial charge on any atom is 0.194 e. The lowest BCUT2D eigenvalue weighted by molar-refractivity contribution is 0.403. The predicted octanol–water partition coefficient (Wildman–Crippen LogP) is 3.52. The van der Waals surface area contributed by atoms with Gasteiger partial charge in [0.15, 0.2) is 17.5 Å². The van der Waals surface area contributed by atoms with E-state index in [1.165, 1.54) is 17.2 Å². The zero-order valence-electron chi connectivity index (χ0n) is 10.7. The summed E-state index contributed by atoms with van der Waals surface area (Å²) in [7, 11) is 0. The van der Waals surface area contributed by atoms with Gasteiger partial charge in [-0.05, 0) is 36.0 Å². The number of nitrogens with two attached hydrogens (primary N) is 1. The van der Waals surface area contributed by atoms with Crippen molar-refractivity contribution in [3.05, 3.63) is 70.5 Å². The quantitative estimate of drug-likeness (QED) is 0.835. The van der Waals surface area contributed by atoms with Crippen molar-refractivity contribution in [3.8, 4) is 0 Å². The fourth-order valence-corrected chi connectivity index (χ4v) is 2.90. The summed E-state index contributed by atoms with van der Waals surface area (Å²) in [6.45, 7) is 0. The molecule has 0 radical (unpaired) electrons. The Hall–Kier alpha value is -1.81. The summed E-state index contributed by atoms with van der Waals surface area (Å²) < 4.78 is 40.1. The molecule has 3 rings (SSSR count). The first-order valence-electron chi connectivity index (χ1n) is 6.53. The smallest absolute Gasteiger partial charge is 0.194 e. The van der Waals surface area contributed by atoms with Gasteiger partial charge in [0.2, 0.25) is 0 Å². The standard InChI is InChI=1S/C16H14F3N/c17-13-6-5-12(14(18)15(13)19)16(20)11-7-9-3-1-2-4-10(9)8-11/h1-6,11,16H,7-8,20H2. The van der Waals surface area contributed by atoms with Gasteiger partial charge in [-0.1, -0.05) is 30.3 Å². The topological polar surface area (TPSA) is 26.0 Å². The van der Waals surface area contributed by atoms with Crippen LogP contribution < -0.4 is 5.73 Å². The third-order valence-electron chi connectivity index (χ3n) is 4.01. The summed E-state index contributed by atoms with van der Waals surface area (Å²) in [5, 5.41) is 0. The molecule has 2 N–H and O–H groups in total. The van der Waals surface area contributed by atoms with Gasteiger partial charge in [-0.3, -0.25) is 0 Å². The molecule has 2 aromatic rings. The fourth-order valence-electron chi connectivity index (χ4n) is 2.90. The van der Waals surface area contributed by atoms with Gasteiger partial charge in [0, 0.05) is 11.6 Å². The van der Waals surface area contributed by atoms with Crippen molar-refractivity contribution >= 4 is 0 Å². The Bertz CT molecular complexity index is 629. The van der Waals surface area contributed by atoms with Crippen LogP contribution in [0.4, 0.5) is 13.2 Å². The Morgan fingerprint density at radius 2 is 1.50 bits per heavy atom. The first-order valence-corrected chi connectivity index (χ1v) is 6.53. The minimum absolute atomic E-state index is 0.00626. The van der Waals surface area contributed by atoms with Crippen molar-refractivity contribution in [1.29, 1.82) is 0 Å². The maximum absolute atomic E-state index is 13.8. The lowest BCUT2D eigenvalue weighted by Gasteiger charge is -2.20. The van der Waals surface area contributed by atoms with E-state index in [1.54, 1.807) is 0 Å². The first kappa shape index (κ1) is 13.2. The van der Waals surface area contributed by atoms with Crippen LogP contribution in [-0.2, 0) is 12.8 Å². The molecular formula is C16H14F3N. The average Bonchev–Trinajstić information content (AvgIpc) is 2.88. The molecule has 0 aromatic heterocycles. The molecule has 1 unspecified atom stereocenters. The highest BCUT2D eigenvalue weighted by atomic mass is 19.2. The van der Waals surface area contributed by atoms with Gasteiger partial charge in [0.05, 0.1) is 0 Å². The van der Waals surface area contributed by atoms with E-state index in [2.05, 4.69) is 0 Å². The number of benzene rings is 2. The monoisotopic (exact) mass is 277 g/mol. The molecule has 104 valence electrons. The second-order valence-corrected chi connectivity index (χ2v) is 5.23. The van der Waals surface area contributed by atoms with E-state index in [9.17, 15) is 13.2 Å². The first-order chi connectivity index (χ1) is 9.58. The predicted molar refractivity (Wildman–Crippen MR) is 70.6 cm³/mol. The largest absolute Gasteiger partial charge is 0.324 e. The lowest BCUT2D eigenvalue weighted by Crippen LogP contribution is -2.23. The Morgan fingerprint density at radius 1 is 0.900 bits per heavy atom. The van der Waals surface area contributed by atoms with Gasteiger partial charge in [-0.2, -0.15) is 0 Å². The summed E-state index contributed by atoms with van der Waals surface area (Å²) in [5.41, 5.74) is 8.49. The second-order valence-electron chi connectivity index (χ2n) is 5.23. The van der Waals surface area contributed by atoms with Gasteiger partial charge in [-0.15, -0.1) is 0 Å². The van der Waals surface area contributed by atoms with Crippen LogP contribution in [0.15, 0.2) is 36.4 Å². The van der Waals surface area contributed by atoms with Crippen molar-refractivity contribution in [2.75, 3.05) is 0 Å². The van der Waals surface area contributed by atoms with Gasteiger partial charge in [0.1, 0.15) is 0 Å². The molecule has 20 heavy (non-hydrogen) atoms. The van der Waals surface area contributed by atoms with Crippen molar-refractivity contribution in [1.82, 2.24) is 0 Å². The summed E-state index contributed by atoms with van der Waals surface area (Å²) in [4.78, 5) is 0. The zero-order chi connectivity index (χ0) is 14.3. The lowest BCUT2D eigenvalue weighted by atomic mass is 9.91. The summed E-state index contributed by atoms with van der Waals surface area (Å²) in [6.07, 6.45) is 1.46. The van der Waals surface area contributed by atoms with E-state index in [-0.39, 0.29) is 11.5 Å². The van der Waals surface area contributed by atoms with E-state index in [0.29, 0.717) is 0 Å². The average molecular weight is 277 g/mol. The van der Waals surface area contributed by atoms with E-state index in [1.807, 2.05) is 24.3 Å². The molecule has 0 heterocycles. The molecule has 1 atom stereocenters. The van der Waals surface area contributed by atoms with Crippen molar-refractivity contribution in [2.45, 2.75) is 18.9 Å². The van der Waals surface area contributed by atoms with Crippen LogP contribution in [-0.4, -0.2) is 0 Å². The number of fused-ring (bicyclic) bond motifs is 1. The molecule has 4 heteroatoms. The van der Waals surface area contributed by atoms with E-state index < -0.39 is 23.5 Å².